The fraction of sp³-hybridized carbons (Fsp3) is 0.531. The third-order valence-electron chi connectivity index (χ3n) is 7.91. The predicted molar refractivity (Wildman–Crippen MR) is 163 cm³/mol. The molecule has 0 spiro atoms. The molecule has 2 amide bonds. The highest BCUT2D eigenvalue weighted by molar-refractivity contribution is 7.98. The van der Waals surface area contributed by atoms with Crippen molar-refractivity contribution in [2.45, 2.75) is 70.9 Å². The van der Waals surface area contributed by atoms with Gasteiger partial charge in [-0.05, 0) is 79.0 Å². The van der Waals surface area contributed by atoms with Crippen LogP contribution >= 0.6 is 11.8 Å². The minimum atomic E-state index is -1.08. The summed E-state index contributed by atoms with van der Waals surface area (Å²) < 4.78 is 5.22. The molecule has 0 aliphatic heterocycles. The van der Waals surface area contributed by atoms with Crippen molar-refractivity contribution in [2.24, 2.45) is 11.8 Å². The number of benzene rings is 2. The highest BCUT2D eigenvalue weighted by Gasteiger charge is 2.30. The first kappa shape index (κ1) is 32.5. The summed E-state index contributed by atoms with van der Waals surface area (Å²) in [5.41, 5.74) is 3.52. The molecule has 3 unspecified atom stereocenters. The van der Waals surface area contributed by atoms with Crippen LogP contribution in [0, 0.1) is 18.8 Å². The summed E-state index contributed by atoms with van der Waals surface area (Å²) in [5, 5.41) is 25.9. The maximum atomic E-state index is 13.5. The van der Waals surface area contributed by atoms with E-state index in [4.69, 9.17) is 4.74 Å². The Kier molecular flexibility index (Phi) is 13.0. The number of hydrogen-bond donors (Lipinski definition) is 4. The molecule has 0 bridgehead atoms. The van der Waals surface area contributed by atoms with Crippen molar-refractivity contribution in [2.75, 3.05) is 25.2 Å². The van der Waals surface area contributed by atoms with Gasteiger partial charge in [0.05, 0.1) is 12.6 Å². The molecule has 0 aromatic heterocycles. The number of aliphatic carboxylic acids is 1. The Morgan fingerprint density at radius 1 is 1.05 bits per heavy atom. The minimum absolute atomic E-state index is 0.106. The Bertz CT molecular complexity index is 1170. The molecule has 1 fully saturated rings. The van der Waals surface area contributed by atoms with Gasteiger partial charge in [0.25, 0.3) is 5.91 Å². The topological polar surface area (TPSA) is 125 Å². The Labute approximate surface area is 247 Å². The number of carbonyl (C=O) groups excluding carboxylic acids is 2. The number of rotatable bonds is 14. The van der Waals surface area contributed by atoms with Gasteiger partial charge in [0.15, 0.2) is 0 Å². The molecular formula is C32H44N2O6S. The molecule has 4 N–H and O–H groups in total. The number of hydrogen-bond acceptors (Lipinski definition) is 6. The van der Waals surface area contributed by atoms with Gasteiger partial charge in [-0.2, -0.15) is 11.8 Å². The molecule has 1 aliphatic carbocycles. The lowest BCUT2D eigenvalue weighted by Crippen LogP contribution is -2.41. The Hall–Kier alpha value is -3.04. The van der Waals surface area contributed by atoms with E-state index in [9.17, 15) is 24.6 Å². The van der Waals surface area contributed by atoms with Crippen molar-refractivity contribution in [3.8, 4) is 11.1 Å². The highest BCUT2D eigenvalue weighted by atomic mass is 32.2. The van der Waals surface area contributed by atoms with Crippen LogP contribution in [0.2, 0.25) is 0 Å². The van der Waals surface area contributed by atoms with Crippen LogP contribution in [-0.2, 0) is 9.53 Å². The summed E-state index contributed by atoms with van der Waals surface area (Å²) >= 11 is 1.52. The third kappa shape index (κ3) is 9.23. The summed E-state index contributed by atoms with van der Waals surface area (Å²) in [6.07, 6.45) is 8.21. The van der Waals surface area contributed by atoms with Gasteiger partial charge in [0.2, 0.25) is 0 Å². The Morgan fingerprint density at radius 2 is 1.78 bits per heavy atom. The third-order valence-corrected chi connectivity index (χ3v) is 8.56. The van der Waals surface area contributed by atoms with Crippen molar-refractivity contribution in [3.05, 3.63) is 59.2 Å². The van der Waals surface area contributed by atoms with Crippen LogP contribution in [0.1, 0.15) is 79.4 Å². The van der Waals surface area contributed by atoms with E-state index < -0.39 is 30.1 Å². The van der Waals surface area contributed by atoms with Gasteiger partial charge in [-0.25, -0.2) is 9.59 Å². The lowest BCUT2D eigenvalue weighted by atomic mass is 9.79. The van der Waals surface area contributed by atoms with Gasteiger partial charge in [-0.1, -0.05) is 62.4 Å². The van der Waals surface area contributed by atoms with Crippen molar-refractivity contribution in [1.82, 2.24) is 10.6 Å². The SMILES string of the molecule is CCOC(=O)NC(c1ccc(C(=O)NC(CCSC)C(=O)O)c(-c2ccccc2C)c1)C(CO)CC1CCCCC1. The number of thioether (sulfide) groups is 1. The minimum Gasteiger partial charge on any atom is -0.480 e. The van der Waals surface area contributed by atoms with Crippen LogP contribution in [0.3, 0.4) is 0 Å². The number of amides is 2. The van der Waals surface area contributed by atoms with Crippen LogP contribution in [0.4, 0.5) is 4.79 Å². The zero-order valence-electron chi connectivity index (χ0n) is 24.4. The van der Waals surface area contributed by atoms with Gasteiger partial charge in [0.1, 0.15) is 6.04 Å². The number of aliphatic hydroxyl groups is 1. The quantitative estimate of drug-likeness (QED) is 0.216. The van der Waals surface area contributed by atoms with E-state index in [1.807, 2.05) is 43.5 Å². The van der Waals surface area contributed by atoms with E-state index in [-0.39, 0.29) is 19.1 Å². The second kappa shape index (κ2) is 16.4. The molecule has 2 aromatic rings. The van der Waals surface area contributed by atoms with Crippen LogP contribution in [0.15, 0.2) is 42.5 Å². The number of carboxylic acid groups (broad SMARTS) is 1. The number of carboxylic acids is 1. The highest BCUT2D eigenvalue weighted by Crippen LogP contribution is 2.37. The number of carbonyl (C=O) groups is 3. The van der Waals surface area contributed by atoms with Crippen molar-refractivity contribution >= 4 is 29.7 Å². The van der Waals surface area contributed by atoms with Crippen LogP contribution in [-0.4, -0.2) is 59.4 Å². The molecule has 0 heterocycles. The number of nitrogens with one attached hydrogen (secondary N) is 2. The number of aliphatic hydroxyl groups excluding tert-OH is 1. The lowest BCUT2D eigenvalue weighted by molar-refractivity contribution is -0.139. The summed E-state index contributed by atoms with van der Waals surface area (Å²) in [4.78, 5) is 38.0. The van der Waals surface area contributed by atoms with Crippen molar-refractivity contribution in [3.63, 3.8) is 0 Å². The predicted octanol–water partition coefficient (Wildman–Crippen LogP) is 5.96. The molecular weight excluding hydrogens is 540 g/mol. The zero-order valence-corrected chi connectivity index (χ0v) is 25.2. The normalized spacial score (nSPS) is 15.9. The number of aryl methyl sites for hydroxylation is 1. The lowest BCUT2D eigenvalue weighted by Gasteiger charge is -2.32. The largest absolute Gasteiger partial charge is 0.480 e. The first-order valence-electron chi connectivity index (χ1n) is 14.6. The first-order chi connectivity index (χ1) is 19.8. The Morgan fingerprint density at radius 3 is 2.41 bits per heavy atom. The van der Waals surface area contributed by atoms with E-state index in [1.54, 1.807) is 19.1 Å². The average Bonchev–Trinajstić information content (AvgIpc) is 2.97. The van der Waals surface area contributed by atoms with E-state index in [0.717, 1.165) is 36.0 Å². The molecule has 224 valence electrons. The molecule has 8 nitrogen and oxygen atoms in total. The molecule has 1 aliphatic rings. The van der Waals surface area contributed by atoms with E-state index >= 15 is 0 Å². The van der Waals surface area contributed by atoms with Gasteiger partial charge < -0.3 is 25.6 Å². The summed E-state index contributed by atoms with van der Waals surface area (Å²) in [6, 6.07) is 11.5. The van der Waals surface area contributed by atoms with Gasteiger partial charge in [0, 0.05) is 18.1 Å². The van der Waals surface area contributed by atoms with Crippen molar-refractivity contribution < 1.29 is 29.3 Å². The molecule has 9 heteroatoms. The first-order valence-corrected chi connectivity index (χ1v) is 15.9. The second-order valence-corrected chi connectivity index (χ2v) is 11.8. The molecule has 0 saturated heterocycles. The summed E-state index contributed by atoms with van der Waals surface area (Å²) in [5.74, 6) is -0.712. The monoisotopic (exact) mass is 584 g/mol. The molecule has 1 saturated carbocycles. The number of alkyl carbamates (subject to hydrolysis) is 1. The molecule has 2 aromatic carbocycles. The molecule has 41 heavy (non-hydrogen) atoms. The van der Waals surface area contributed by atoms with Crippen LogP contribution in [0.5, 0.6) is 0 Å². The second-order valence-electron chi connectivity index (χ2n) is 10.8. The average molecular weight is 585 g/mol. The van der Waals surface area contributed by atoms with Gasteiger partial charge in [-0.3, -0.25) is 4.79 Å². The number of ether oxygens (including phenoxy) is 1. The zero-order chi connectivity index (χ0) is 29.8. The van der Waals surface area contributed by atoms with E-state index in [2.05, 4.69) is 10.6 Å². The fourth-order valence-electron chi connectivity index (χ4n) is 5.72. The standard InChI is InChI=1S/C32H44N2O6S/c1-4-40-32(39)34-29(24(20-35)18-22-11-6-5-7-12-22)23-14-15-26(27(19-23)25-13-9-8-10-21(25)2)30(36)33-28(31(37)38)16-17-41-3/h8-10,13-15,19,22,24,28-29,35H,4-7,11-12,16-18,20H2,1-3H3,(H,33,36)(H,34,39)(H,37,38). The maximum absolute atomic E-state index is 13.5. The van der Waals surface area contributed by atoms with E-state index in [0.29, 0.717) is 29.2 Å². The van der Waals surface area contributed by atoms with Crippen LogP contribution in [0.25, 0.3) is 11.1 Å². The van der Waals surface area contributed by atoms with Gasteiger partial charge >= 0.3 is 12.1 Å². The van der Waals surface area contributed by atoms with Gasteiger partial charge in [-0.15, -0.1) is 0 Å². The summed E-state index contributed by atoms with van der Waals surface area (Å²) in [6.45, 7) is 3.81. The molecule has 0 radical (unpaired) electrons. The smallest absolute Gasteiger partial charge is 0.407 e. The van der Waals surface area contributed by atoms with E-state index in [1.165, 1.54) is 31.0 Å². The summed E-state index contributed by atoms with van der Waals surface area (Å²) in [7, 11) is 0. The molecule has 3 rings (SSSR count). The maximum Gasteiger partial charge on any atom is 0.407 e. The van der Waals surface area contributed by atoms with Crippen LogP contribution < -0.4 is 10.6 Å². The Balaban J connectivity index is 2.05. The van der Waals surface area contributed by atoms with Crippen molar-refractivity contribution in [1.29, 1.82) is 0 Å². The molecule has 3 atom stereocenters. The fourth-order valence-corrected chi connectivity index (χ4v) is 6.19.